The van der Waals surface area contributed by atoms with E-state index < -0.39 is 13.1 Å². The van der Waals surface area contributed by atoms with Crippen molar-refractivity contribution in [2.45, 2.75) is 96.2 Å². The van der Waals surface area contributed by atoms with E-state index in [-0.39, 0.29) is 5.60 Å². The van der Waals surface area contributed by atoms with Crippen molar-refractivity contribution in [2.75, 3.05) is 6.66 Å². The largest absolute Gasteiger partial charge is 0.487 e. The van der Waals surface area contributed by atoms with Gasteiger partial charge in [0.15, 0.2) is 0 Å². The summed E-state index contributed by atoms with van der Waals surface area (Å²) in [7, 11) is -3.16. The topological polar surface area (TPSA) is 70.8 Å². The van der Waals surface area contributed by atoms with Gasteiger partial charge in [0.05, 0.1) is 0 Å². The number of hydrogen-bond acceptors (Lipinski definition) is 4. The summed E-state index contributed by atoms with van der Waals surface area (Å²) in [6.07, 6.45) is 10.3. The zero-order chi connectivity index (χ0) is 24.0. The number of unbranched alkanes of at least 4 members (excludes halogenated alkanes) is 2. The number of fused-ring (bicyclic) bond motifs is 3. The van der Waals surface area contributed by atoms with Crippen molar-refractivity contribution in [1.29, 1.82) is 0 Å². The lowest BCUT2D eigenvalue weighted by Gasteiger charge is -2.47. The molecule has 1 heterocycles. The van der Waals surface area contributed by atoms with Crippen LogP contribution in [-0.4, -0.2) is 17.9 Å². The van der Waals surface area contributed by atoms with Crippen LogP contribution in [0.5, 0.6) is 11.5 Å². The lowest BCUT2D eigenvalue weighted by atomic mass is 9.67. The zero-order valence-electron chi connectivity index (χ0n) is 20.9. The summed E-state index contributed by atoms with van der Waals surface area (Å²) in [5, 5.41) is 0. The van der Waals surface area contributed by atoms with E-state index >= 15 is 0 Å². The van der Waals surface area contributed by atoms with E-state index in [1.165, 1.54) is 30.6 Å². The molecule has 0 radical (unpaired) electrons. The molecule has 0 amide bonds. The van der Waals surface area contributed by atoms with Crippen molar-refractivity contribution in [2.24, 2.45) is 11.4 Å². The molecule has 1 aromatic carbocycles. The number of rotatable bonds is 9. The lowest BCUT2D eigenvalue weighted by molar-refractivity contribution is 0.00730. The highest BCUT2D eigenvalue weighted by atomic mass is 31.2. The van der Waals surface area contributed by atoms with Crippen LogP contribution in [0.4, 0.5) is 0 Å². The Morgan fingerprint density at radius 1 is 1.30 bits per heavy atom. The van der Waals surface area contributed by atoms with Crippen LogP contribution < -0.4 is 15.0 Å². The van der Waals surface area contributed by atoms with Gasteiger partial charge in [-0.15, -0.1) is 0 Å². The van der Waals surface area contributed by atoms with Gasteiger partial charge in [0.1, 0.15) is 28.5 Å². The summed E-state index contributed by atoms with van der Waals surface area (Å²) in [6.45, 7) is 14.5. The molecule has 6 heteroatoms. The van der Waals surface area contributed by atoms with Crippen LogP contribution >= 0.6 is 7.52 Å². The molecule has 2 unspecified atom stereocenters. The molecule has 0 spiro atoms. The third kappa shape index (κ3) is 5.26. The summed E-state index contributed by atoms with van der Waals surface area (Å²) in [5.41, 5.74) is 8.50. The van der Waals surface area contributed by atoms with E-state index in [2.05, 4.69) is 52.5 Å². The first-order chi connectivity index (χ1) is 15.4. The smallest absolute Gasteiger partial charge is 0.265 e. The van der Waals surface area contributed by atoms with E-state index in [0.29, 0.717) is 17.6 Å². The van der Waals surface area contributed by atoms with Crippen molar-refractivity contribution >= 4 is 7.52 Å². The Balaban J connectivity index is 1.72. The first kappa shape index (κ1) is 24.6. The first-order valence-corrected chi connectivity index (χ1v) is 14.5. The standard InChI is InChI=1S/C27H40NO4P/c1-7-8-9-10-20-16-23(30-19(3)27(13-14-27)32-33(6,28)29)25-21-15-18(2)11-12-22(21)26(4,5)31-24(25)17-20/h11,16-17,21-22H,3,7-10,12-15H2,1-2,4-6H3,(H2,28,29)/t21?,22-,33?/m1/s1. The molecule has 1 fully saturated rings. The Hall–Kier alpha value is -1.55. The third-order valence-electron chi connectivity index (χ3n) is 7.42. The van der Waals surface area contributed by atoms with Gasteiger partial charge >= 0.3 is 0 Å². The fourth-order valence-corrected chi connectivity index (χ4v) is 6.49. The van der Waals surface area contributed by atoms with Crippen LogP contribution in [0.1, 0.15) is 89.7 Å². The van der Waals surface area contributed by atoms with E-state index in [0.717, 1.165) is 55.6 Å². The van der Waals surface area contributed by atoms with Crippen molar-refractivity contribution in [3.8, 4) is 11.5 Å². The quantitative estimate of drug-likeness (QED) is 0.177. The molecule has 1 aromatic rings. The Morgan fingerprint density at radius 2 is 2.03 bits per heavy atom. The molecule has 4 rings (SSSR count). The van der Waals surface area contributed by atoms with E-state index in [4.69, 9.17) is 19.5 Å². The SMILES string of the molecule is C=C(Oc1cc(CCCCC)cc2c1C1CC(C)=CC[C@H]1C(C)(C)O2)C1(OP(C)(N)=O)CC1. The van der Waals surface area contributed by atoms with Crippen molar-refractivity contribution in [3.63, 3.8) is 0 Å². The highest BCUT2D eigenvalue weighted by molar-refractivity contribution is 7.55. The van der Waals surface area contributed by atoms with E-state index in [1.807, 2.05) is 0 Å². The predicted octanol–water partition coefficient (Wildman–Crippen LogP) is 7.25. The van der Waals surface area contributed by atoms with Crippen LogP contribution in [0.25, 0.3) is 0 Å². The number of aryl methyl sites for hydroxylation is 1. The maximum Gasteiger partial charge on any atom is 0.265 e. The van der Waals surface area contributed by atoms with Gasteiger partial charge in [-0.1, -0.05) is 38.0 Å². The molecular formula is C27H40NO4P. The first-order valence-electron chi connectivity index (χ1n) is 12.4. The van der Waals surface area contributed by atoms with Gasteiger partial charge in [-0.05, 0) is 77.0 Å². The van der Waals surface area contributed by atoms with Gasteiger partial charge in [0.2, 0.25) is 0 Å². The minimum absolute atomic E-state index is 0.250. The second kappa shape index (κ2) is 8.91. The Bertz CT molecular complexity index is 1000. The monoisotopic (exact) mass is 473 g/mol. The highest BCUT2D eigenvalue weighted by Crippen LogP contribution is 2.57. The number of ether oxygens (including phenoxy) is 2. The Labute approximate surface area is 199 Å². The summed E-state index contributed by atoms with van der Waals surface area (Å²) in [5.74, 6) is 2.93. The number of benzene rings is 1. The fraction of sp³-hybridized carbons (Fsp3) is 0.630. The van der Waals surface area contributed by atoms with Gasteiger partial charge in [-0.3, -0.25) is 10.1 Å². The van der Waals surface area contributed by atoms with Crippen LogP contribution in [0.2, 0.25) is 0 Å². The Kier molecular flexibility index (Phi) is 6.63. The molecule has 5 nitrogen and oxygen atoms in total. The zero-order valence-corrected chi connectivity index (χ0v) is 21.8. The van der Waals surface area contributed by atoms with Crippen molar-refractivity contribution < 1.29 is 18.6 Å². The van der Waals surface area contributed by atoms with Crippen molar-refractivity contribution in [3.05, 3.63) is 47.2 Å². The average molecular weight is 474 g/mol. The number of nitrogens with two attached hydrogens (primary N) is 1. The van der Waals surface area contributed by atoms with Crippen molar-refractivity contribution in [1.82, 2.24) is 0 Å². The molecular weight excluding hydrogens is 433 g/mol. The second-order valence-electron chi connectivity index (χ2n) is 10.9. The minimum atomic E-state index is -3.16. The van der Waals surface area contributed by atoms with Gasteiger partial charge in [-0.2, -0.15) is 0 Å². The second-order valence-corrected chi connectivity index (χ2v) is 12.9. The fourth-order valence-electron chi connectivity index (χ4n) is 5.52. The van der Waals surface area contributed by atoms with Crippen LogP contribution in [0.3, 0.4) is 0 Å². The molecule has 3 atom stereocenters. The third-order valence-corrected chi connectivity index (χ3v) is 8.13. The molecule has 2 N–H and O–H groups in total. The summed E-state index contributed by atoms with van der Waals surface area (Å²) >= 11 is 0. The lowest BCUT2D eigenvalue weighted by Crippen LogP contribution is -2.45. The summed E-state index contributed by atoms with van der Waals surface area (Å²) in [4.78, 5) is 0. The predicted molar refractivity (Wildman–Crippen MR) is 134 cm³/mol. The molecule has 3 aliphatic rings. The van der Waals surface area contributed by atoms with Gasteiger partial charge in [0.25, 0.3) is 7.52 Å². The summed E-state index contributed by atoms with van der Waals surface area (Å²) < 4.78 is 31.1. The number of hydrogen-bond donors (Lipinski definition) is 1. The molecule has 33 heavy (non-hydrogen) atoms. The van der Waals surface area contributed by atoms with Crippen LogP contribution in [0.15, 0.2) is 36.1 Å². The minimum Gasteiger partial charge on any atom is -0.487 e. The molecule has 1 saturated carbocycles. The maximum absolute atomic E-state index is 12.2. The van der Waals surface area contributed by atoms with Gasteiger partial charge < -0.3 is 14.0 Å². The molecule has 0 bridgehead atoms. The highest BCUT2D eigenvalue weighted by Gasteiger charge is 2.52. The van der Waals surface area contributed by atoms with E-state index in [1.54, 1.807) is 0 Å². The average Bonchev–Trinajstić information content (AvgIpc) is 3.46. The summed E-state index contributed by atoms with van der Waals surface area (Å²) in [6, 6.07) is 4.38. The van der Waals surface area contributed by atoms with Crippen LogP contribution in [0, 0.1) is 5.92 Å². The normalized spacial score (nSPS) is 26.2. The molecule has 0 aromatic heterocycles. The van der Waals surface area contributed by atoms with Gasteiger partial charge in [-0.25, -0.2) is 0 Å². The van der Waals surface area contributed by atoms with Crippen LogP contribution in [-0.2, 0) is 15.5 Å². The molecule has 182 valence electrons. The van der Waals surface area contributed by atoms with Gasteiger partial charge in [0, 0.05) is 24.1 Å². The Morgan fingerprint density at radius 3 is 2.67 bits per heavy atom. The molecule has 1 aliphatic heterocycles. The molecule has 0 saturated heterocycles. The van der Waals surface area contributed by atoms with E-state index in [9.17, 15) is 4.57 Å². The number of allylic oxidation sites excluding steroid dienone is 2. The maximum atomic E-state index is 12.2. The molecule has 2 aliphatic carbocycles.